The van der Waals surface area contributed by atoms with E-state index in [-0.39, 0.29) is 0 Å². The van der Waals surface area contributed by atoms with Crippen LogP contribution in [0.4, 0.5) is 11.4 Å². The van der Waals surface area contributed by atoms with Crippen molar-refractivity contribution in [2.45, 2.75) is 25.5 Å². The number of amides is 1. The first kappa shape index (κ1) is 14.5. The number of rotatable bonds is 3. The zero-order chi connectivity index (χ0) is 14.1. The maximum atomic E-state index is 12.0. The van der Waals surface area contributed by atoms with E-state index in [9.17, 15) is 13.2 Å². The molecule has 0 saturated carbocycles. The molecule has 1 rings (SSSR count). The number of sulfone groups is 1. The first-order valence-electron chi connectivity index (χ1n) is 5.43. The van der Waals surface area contributed by atoms with Gasteiger partial charge in [0.2, 0.25) is 5.91 Å². The Morgan fingerprint density at radius 1 is 1.33 bits per heavy atom. The highest BCUT2D eigenvalue weighted by atomic mass is 32.2. The minimum absolute atomic E-state index is 0.531. The predicted octanol–water partition coefficient (Wildman–Crippen LogP) is 1.34. The molecule has 0 aliphatic carbocycles. The van der Waals surface area contributed by atoms with Gasteiger partial charge in [-0.3, -0.25) is 4.79 Å². The maximum Gasteiger partial charge on any atom is 0.245 e. The van der Waals surface area contributed by atoms with Crippen molar-refractivity contribution < 1.29 is 13.2 Å². The van der Waals surface area contributed by atoms with Gasteiger partial charge in [0.25, 0.3) is 0 Å². The van der Waals surface area contributed by atoms with Crippen LogP contribution in [0.15, 0.2) is 18.2 Å². The van der Waals surface area contributed by atoms with Crippen LogP contribution in [0.2, 0.25) is 0 Å². The van der Waals surface area contributed by atoms with Crippen LogP contribution in [0.3, 0.4) is 0 Å². The molecule has 0 aliphatic rings. The van der Waals surface area contributed by atoms with Crippen LogP contribution in [-0.2, 0) is 14.6 Å². The van der Waals surface area contributed by atoms with Crippen LogP contribution in [0.5, 0.6) is 0 Å². The smallest absolute Gasteiger partial charge is 0.245 e. The summed E-state index contributed by atoms with van der Waals surface area (Å²) in [5, 5.41) is 2.58. The molecule has 1 aromatic carbocycles. The summed E-state index contributed by atoms with van der Waals surface area (Å²) in [6, 6.07) is 5.00. The van der Waals surface area contributed by atoms with E-state index in [2.05, 4.69) is 5.32 Å². The van der Waals surface area contributed by atoms with E-state index >= 15 is 0 Å². The third-order valence-electron chi connectivity index (χ3n) is 3.00. The van der Waals surface area contributed by atoms with Gasteiger partial charge >= 0.3 is 0 Å². The first-order chi connectivity index (χ1) is 8.05. The molecule has 1 amide bonds. The quantitative estimate of drug-likeness (QED) is 0.811. The molecule has 0 spiro atoms. The monoisotopic (exact) mass is 270 g/mol. The Kier molecular flexibility index (Phi) is 3.71. The maximum absolute atomic E-state index is 12.0. The number of hydrogen-bond donors (Lipinski definition) is 2. The Hall–Kier alpha value is -1.56. The molecular weight excluding hydrogens is 252 g/mol. The Labute approximate surface area is 107 Å². The molecule has 3 N–H and O–H groups in total. The molecule has 0 saturated heterocycles. The lowest BCUT2D eigenvalue weighted by molar-refractivity contribution is -0.117. The van der Waals surface area contributed by atoms with E-state index in [0.717, 1.165) is 11.8 Å². The van der Waals surface area contributed by atoms with Crippen LogP contribution >= 0.6 is 0 Å². The fourth-order valence-electron chi connectivity index (χ4n) is 1.20. The number of benzene rings is 1. The topological polar surface area (TPSA) is 89.3 Å². The lowest BCUT2D eigenvalue weighted by atomic mass is 10.1. The number of nitrogens with one attached hydrogen (secondary N) is 1. The highest BCUT2D eigenvalue weighted by Gasteiger charge is 2.38. The van der Waals surface area contributed by atoms with Crippen molar-refractivity contribution in [3.05, 3.63) is 23.8 Å². The molecular formula is C12H18N2O3S. The Balaban J connectivity index is 2.99. The Morgan fingerprint density at radius 2 is 1.89 bits per heavy atom. The van der Waals surface area contributed by atoms with Crippen molar-refractivity contribution in [3.63, 3.8) is 0 Å². The summed E-state index contributed by atoms with van der Waals surface area (Å²) < 4.78 is 21.6. The second-order valence-corrected chi connectivity index (χ2v) is 7.37. The standard InChI is InChI=1S/C12H18N2O3S/c1-8-7-9(5-6-10(8)13)14-11(15)12(2,3)18(4,16)17/h5-7H,13H2,1-4H3,(H,14,15). The van der Waals surface area contributed by atoms with Gasteiger partial charge in [0, 0.05) is 17.6 Å². The SMILES string of the molecule is Cc1cc(NC(=O)C(C)(C)S(C)(=O)=O)ccc1N. The van der Waals surface area contributed by atoms with Gasteiger partial charge in [0.15, 0.2) is 9.84 Å². The molecule has 6 heteroatoms. The molecule has 100 valence electrons. The first-order valence-corrected chi connectivity index (χ1v) is 7.32. The van der Waals surface area contributed by atoms with E-state index in [0.29, 0.717) is 11.4 Å². The van der Waals surface area contributed by atoms with Gasteiger partial charge in [-0.05, 0) is 44.5 Å². The summed E-state index contributed by atoms with van der Waals surface area (Å²) in [5.74, 6) is -0.561. The average Bonchev–Trinajstić information content (AvgIpc) is 2.21. The number of carbonyl (C=O) groups is 1. The molecule has 0 heterocycles. The van der Waals surface area contributed by atoms with Crippen molar-refractivity contribution in [3.8, 4) is 0 Å². The molecule has 1 aromatic rings. The van der Waals surface area contributed by atoms with Gasteiger partial charge < -0.3 is 11.1 Å². The Bertz CT molecular complexity index is 577. The van der Waals surface area contributed by atoms with Gasteiger partial charge in [0.1, 0.15) is 4.75 Å². The minimum Gasteiger partial charge on any atom is -0.399 e. The fraction of sp³-hybridized carbons (Fsp3) is 0.417. The second kappa shape index (κ2) is 4.61. The molecule has 0 atom stereocenters. The summed E-state index contributed by atoms with van der Waals surface area (Å²) in [6.45, 7) is 4.57. The van der Waals surface area contributed by atoms with Crippen LogP contribution in [-0.4, -0.2) is 25.3 Å². The van der Waals surface area contributed by atoms with E-state index in [1.165, 1.54) is 13.8 Å². The highest BCUT2D eigenvalue weighted by molar-refractivity contribution is 7.92. The number of carbonyl (C=O) groups excluding carboxylic acids is 1. The molecule has 0 aromatic heterocycles. The largest absolute Gasteiger partial charge is 0.399 e. The summed E-state index contributed by atoms with van der Waals surface area (Å²) >= 11 is 0. The van der Waals surface area contributed by atoms with Crippen molar-refractivity contribution in [1.82, 2.24) is 0 Å². The zero-order valence-corrected chi connectivity index (χ0v) is 11.8. The van der Waals surface area contributed by atoms with Crippen molar-refractivity contribution in [1.29, 1.82) is 0 Å². The number of nitrogens with two attached hydrogens (primary N) is 1. The summed E-state index contributed by atoms with van der Waals surface area (Å²) in [5.41, 5.74) is 7.64. The van der Waals surface area contributed by atoms with E-state index < -0.39 is 20.5 Å². The zero-order valence-electron chi connectivity index (χ0n) is 10.9. The number of nitrogen functional groups attached to an aromatic ring is 1. The summed E-state index contributed by atoms with van der Waals surface area (Å²) in [7, 11) is -3.48. The van der Waals surface area contributed by atoms with Crippen molar-refractivity contribution >= 4 is 27.1 Å². The second-order valence-electron chi connectivity index (χ2n) is 4.81. The number of anilines is 2. The molecule has 0 unspecified atom stereocenters. The molecule has 18 heavy (non-hydrogen) atoms. The van der Waals surface area contributed by atoms with Crippen molar-refractivity contribution in [2.75, 3.05) is 17.3 Å². The van der Waals surface area contributed by atoms with Gasteiger partial charge in [-0.1, -0.05) is 0 Å². The molecule has 0 aliphatic heterocycles. The van der Waals surface area contributed by atoms with Crippen LogP contribution in [0, 0.1) is 6.92 Å². The van der Waals surface area contributed by atoms with Crippen LogP contribution in [0.25, 0.3) is 0 Å². The van der Waals surface area contributed by atoms with E-state index in [1.54, 1.807) is 18.2 Å². The van der Waals surface area contributed by atoms with Gasteiger partial charge in [-0.2, -0.15) is 0 Å². The highest BCUT2D eigenvalue weighted by Crippen LogP contribution is 2.21. The average molecular weight is 270 g/mol. The fourth-order valence-corrected chi connectivity index (χ4v) is 1.59. The third-order valence-corrected chi connectivity index (χ3v) is 5.04. The summed E-state index contributed by atoms with van der Waals surface area (Å²) in [6.07, 6.45) is 1.04. The van der Waals surface area contributed by atoms with Gasteiger partial charge in [-0.15, -0.1) is 0 Å². The van der Waals surface area contributed by atoms with Crippen LogP contribution < -0.4 is 11.1 Å². The number of aryl methyl sites for hydroxylation is 1. The van der Waals surface area contributed by atoms with Gasteiger partial charge in [0.05, 0.1) is 0 Å². The van der Waals surface area contributed by atoms with Crippen LogP contribution in [0.1, 0.15) is 19.4 Å². The lowest BCUT2D eigenvalue weighted by Crippen LogP contribution is -2.43. The molecule has 0 radical (unpaired) electrons. The van der Waals surface area contributed by atoms with Crippen molar-refractivity contribution in [2.24, 2.45) is 0 Å². The number of hydrogen-bond acceptors (Lipinski definition) is 4. The third kappa shape index (κ3) is 2.81. The minimum atomic E-state index is -3.48. The van der Waals surface area contributed by atoms with E-state index in [4.69, 9.17) is 5.73 Å². The normalized spacial score (nSPS) is 12.2. The molecule has 0 bridgehead atoms. The summed E-state index contributed by atoms with van der Waals surface area (Å²) in [4.78, 5) is 12.0. The predicted molar refractivity (Wildman–Crippen MR) is 73.1 cm³/mol. The molecule has 0 fully saturated rings. The molecule has 5 nitrogen and oxygen atoms in total. The Morgan fingerprint density at radius 3 is 2.33 bits per heavy atom. The van der Waals surface area contributed by atoms with E-state index in [1.807, 2.05) is 6.92 Å². The lowest BCUT2D eigenvalue weighted by Gasteiger charge is -2.21. The van der Waals surface area contributed by atoms with Gasteiger partial charge in [-0.25, -0.2) is 8.42 Å².